The maximum Gasteiger partial charge on any atom is 0.394 e. The quantitative estimate of drug-likeness (QED) is 0.490. The van der Waals surface area contributed by atoms with Gasteiger partial charge < -0.3 is 5.21 Å². The molecule has 18 heavy (non-hydrogen) atoms. The highest BCUT2D eigenvalue weighted by Gasteiger charge is 2.30. The summed E-state index contributed by atoms with van der Waals surface area (Å²) in [5, 5.41) is 13.2. The summed E-state index contributed by atoms with van der Waals surface area (Å²) < 4.78 is 36.9. The minimum Gasteiger partial charge on any atom is -0.411 e. The topological polar surface area (TPSA) is 32.6 Å². The van der Waals surface area contributed by atoms with Crippen LogP contribution in [0.1, 0.15) is 12.0 Å². The smallest absolute Gasteiger partial charge is 0.394 e. The van der Waals surface area contributed by atoms with E-state index in [2.05, 4.69) is 5.16 Å². The summed E-state index contributed by atoms with van der Waals surface area (Å²) in [6, 6.07) is 12.1. The van der Waals surface area contributed by atoms with E-state index in [9.17, 15) is 13.2 Å². The van der Waals surface area contributed by atoms with E-state index in [-0.39, 0.29) is 11.3 Å². The number of rotatable bonds is 2. The third kappa shape index (κ3) is 2.80. The van der Waals surface area contributed by atoms with Gasteiger partial charge in [0.25, 0.3) is 0 Å². The molecule has 0 saturated carbocycles. The van der Waals surface area contributed by atoms with Gasteiger partial charge in [0.05, 0.1) is 12.1 Å². The molecule has 2 nitrogen and oxygen atoms in total. The molecule has 0 spiro atoms. The van der Waals surface area contributed by atoms with Crippen molar-refractivity contribution in [1.82, 2.24) is 0 Å². The van der Waals surface area contributed by atoms with Gasteiger partial charge in [-0.15, -0.1) is 0 Å². The summed E-state index contributed by atoms with van der Waals surface area (Å²) in [5.74, 6) is 0. The SMILES string of the molecule is O/N=C(\CC(F)(F)F)c1ccc2ccccc2c1. The van der Waals surface area contributed by atoms with Crippen molar-refractivity contribution in [3.63, 3.8) is 0 Å². The summed E-state index contributed by atoms with van der Waals surface area (Å²) in [5.41, 5.74) is -0.109. The lowest BCUT2D eigenvalue weighted by Crippen LogP contribution is -2.16. The first-order valence-electron chi connectivity index (χ1n) is 5.26. The number of fused-ring (bicyclic) bond motifs is 1. The first kappa shape index (κ1) is 12.4. The number of nitrogens with zero attached hydrogens (tertiary/aromatic N) is 1. The molecule has 0 saturated heterocycles. The molecule has 1 N–H and O–H groups in total. The van der Waals surface area contributed by atoms with E-state index in [1.807, 2.05) is 12.1 Å². The lowest BCUT2D eigenvalue weighted by molar-refractivity contribution is -0.121. The van der Waals surface area contributed by atoms with Gasteiger partial charge in [0, 0.05) is 5.56 Å². The lowest BCUT2D eigenvalue weighted by atomic mass is 10.0. The first-order chi connectivity index (χ1) is 8.49. The molecule has 2 aromatic rings. The maximum absolute atomic E-state index is 12.3. The Balaban J connectivity index is 2.40. The van der Waals surface area contributed by atoms with Gasteiger partial charge >= 0.3 is 6.18 Å². The van der Waals surface area contributed by atoms with E-state index in [0.29, 0.717) is 0 Å². The monoisotopic (exact) mass is 253 g/mol. The van der Waals surface area contributed by atoms with Crippen molar-refractivity contribution in [2.24, 2.45) is 5.16 Å². The molecule has 0 heterocycles. The number of halogens is 3. The van der Waals surface area contributed by atoms with E-state index in [4.69, 9.17) is 5.21 Å². The van der Waals surface area contributed by atoms with Crippen molar-refractivity contribution in [3.05, 3.63) is 48.0 Å². The normalized spacial score (nSPS) is 12.9. The lowest BCUT2D eigenvalue weighted by Gasteiger charge is -2.09. The van der Waals surface area contributed by atoms with Crippen LogP contribution in [0.5, 0.6) is 0 Å². The summed E-state index contributed by atoms with van der Waals surface area (Å²) in [6.45, 7) is 0. The molecule has 0 fully saturated rings. The molecule has 2 rings (SSSR count). The Morgan fingerprint density at radius 3 is 2.33 bits per heavy atom. The van der Waals surface area contributed by atoms with Crippen molar-refractivity contribution in [1.29, 1.82) is 0 Å². The number of oxime groups is 1. The largest absolute Gasteiger partial charge is 0.411 e. The molecule has 0 aromatic heterocycles. The molecule has 0 aliphatic rings. The van der Waals surface area contributed by atoms with Crippen molar-refractivity contribution >= 4 is 16.5 Å². The molecule has 0 amide bonds. The third-order valence-corrected chi connectivity index (χ3v) is 2.57. The van der Waals surface area contributed by atoms with Gasteiger partial charge in [-0.25, -0.2) is 0 Å². The van der Waals surface area contributed by atoms with E-state index in [1.165, 1.54) is 6.07 Å². The molecule has 94 valence electrons. The van der Waals surface area contributed by atoms with Crippen LogP contribution in [-0.2, 0) is 0 Å². The van der Waals surface area contributed by atoms with Crippen LogP contribution >= 0.6 is 0 Å². The molecule has 0 bridgehead atoms. The van der Waals surface area contributed by atoms with E-state index in [1.54, 1.807) is 24.3 Å². The summed E-state index contributed by atoms with van der Waals surface area (Å²) >= 11 is 0. The molecular weight excluding hydrogens is 243 g/mol. The Morgan fingerprint density at radius 1 is 1.06 bits per heavy atom. The fourth-order valence-corrected chi connectivity index (χ4v) is 1.75. The zero-order valence-electron chi connectivity index (χ0n) is 9.28. The van der Waals surface area contributed by atoms with Crippen LogP contribution in [0.25, 0.3) is 10.8 Å². The van der Waals surface area contributed by atoms with E-state index >= 15 is 0 Å². The predicted octanol–water partition coefficient (Wildman–Crippen LogP) is 3.97. The second-order valence-corrected chi connectivity index (χ2v) is 3.90. The van der Waals surface area contributed by atoms with E-state index < -0.39 is 12.6 Å². The standard InChI is InChI=1S/C13H10F3NO/c14-13(15,16)8-12(17-18)11-6-5-9-3-1-2-4-10(9)7-11/h1-7,18H,8H2/b17-12+. The summed E-state index contributed by atoms with van der Waals surface area (Å²) in [4.78, 5) is 0. The maximum atomic E-state index is 12.3. The Bertz CT molecular complexity index is 590. The minimum atomic E-state index is -4.40. The van der Waals surface area contributed by atoms with Crippen molar-refractivity contribution in [2.45, 2.75) is 12.6 Å². The van der Waals surface area contributed by atoms with Crippen LogP contribution in [0.4, 0.5) is 13.2 Å². The second kappa shape index (κ2) is 4.68. The number of benzene rings is 2. The van der Waals surface area contributed by atoms with Crippen LogP contribution < -0.4 is 0 Å². The zero-order valence-corrected chi connectivity index (χ0v) is 9.28. The number of alkyl halides is 3. The molecule has 2 aromatic carbocycles. The van der Waals surface area contributed by atoms with Gasteiger partial charge in [-0.05, 0) is 16.8 Å². The Kier molecular flexibility index (Phi) is 3.23. The van der Waals surface area contributed by atoms with Crippen LogP contribution in [0.15, 0.2) is 47.6 Å². The Labute approximate surface area is 101 Å². The highest BCUT2D eigenvalue weighted by atomic mass is 19.4. The summed E-state index contributed by atoms with van der Waals surface area (Å²) in [7, 11) is 0. The highest BCUT2D eigenvalue weighted by molar-refractivity contribution is 6.03. The molecule has 5 heteroatoms. The molecule has 0 radical (unpaired) electrons. The molecule has 0 aliphatic carbocycles. The third-order valence-electron chi connectivity index (χ3n) is 2.57. The number of hydrogen-bond acceptors (Lipinski definition) is 2. The van der Waals surface area contributed by atoms with Gasteiger partial charge in [-0.3, -0.25) is 0 Å². The van der Waals surface area contributed by atoms with Gasteiger partial charge in [0.15, 0.2) is 0 Å². The Morgan fingerprint density at radius 2 is 1.72 bits per heavy atom. The minimum absolute atomic E-state index is 0.272. The van der Waals surface area contributed by atoms with Crippen LogP contribution in [0.2, 0.25) is 0 Å². The highest BCUT2D eigenvalue weighted by Crippen LogP contribution is 2.24. The molecule has 0 aliphatic heterocycles. The number of hydrogen-bond donors (Lipinski definition) is 1. The van der Waals surface area contributed by atoms with Crippen LogP contribution in [-0.4, -0.2) is 17.1 Å². The van der Waals surface area contributed by atoms with Crippen LogP contribution in [0, 0.1) is 0 Å². The fraction of sp³-hybridized carbons (Fsp3) is 0.154. The predicted molar refractivity (Wildman–Crippen MR) is 62.9 cm³/mol. The molecular formula is C13H10F3NO. The van der Waals surface area contributed by atoms with Gasteiger partial charge in [0.2, 0.25) is 0 Å². The van der Waals surface area contributed by atoms with Crippen molar-refractivity contribution in [2.75, 3.05) is 0 Å². The first-order valence-corrected chi connectivity index (χ1v) is 5.26. The van der Waals surface area contributed by atoms with Gasteiger partial charge in [-0.1, -0.05) is 41.6 Å². The van der Waals surface area contributed by atoms with Crippen molar-refractivity contribution < 1.29 is 18.4 Å². The van der Waals surface area contributed by atoms with Gasteiger partial charge in [0.1, 0.15) is 0 Å². The zero-order chi connectivity index (χ0) is 13.2. The molecule has 0 atom stereocenters. The second-order valence-electron chi connectivity index (χ2n) is 3.90. The molecule has 0 unspecified atom stereocenters. The van der Waals surface area contributed by atoms with E-state index in [0.717, 1.165) is 10.8 Å². The Hall–Kier alpha value is -2.04. The van der Waals surface area contributed by atoms with Crippen LogP contribution in [0.3, 0.4) is 0 Å². The average Bonchev–Trinajstić information content (AvgIpc) is 2.34. The average molecular weight is 253 g/mol. The fourth-order valence-electron chi connectivity index (χ4n) is 1.75. The van der Waals surface area contributed by atoms with Gasteiger partial charge in [-0.2, -0.15) is 13.2 Å². The summed E-state index contributed by atoms with van der Waals surface area (Å²) in [6.07, 6.45) is -5.64. The van der Waals surface area contributed by atoms with Crippen molar-refractivity contribution in [3.8, 4) is 0 Å².